The van der Waals surface area contributed by atoms with Crippen LogP contribution in [0.2, 0.25) is 0 Å². The third-order valence-electron chi connectivity index (χ3n) is 3.16. The summed E-state index contributed by atoms with van der Waals surface area (Å²) in [6.45, 7) is 0.959. The second kappa shape index (κ2) is 8.40. The fourth-order valence-electron chi connectivity index (χ4n) is 1.97. The number of methoxy groups -OCH3 is 1. The molecule has 1 aromatic heterocycles. The van der Waals surface area contributed by atoms with E-state index in [1.54, 1.807) is 24.3 Å². The van der Waals surface area contributed by atoms with Gasteiger partial charge in [-0.2, -0.15) is 0 Å². The summed E-state index contributed by atoms with van der Waals surface area (Å²) >= 11 is 1.52. The van der Waals surface area contributed by atoms with Gasteiger partial charge < -0.3 is 15.8 Å². The Morgan fingerprint density at radius 1 is 1.30 bits per heavy atom. The average molecular weight is 333 g/mol. The van der Waals surface area contributed by atoms with Crippen molar-refractivity contribution in [2.75, 3.05) is 13.7 Å². The van der Waals surface area contributed by atoms with Gasteiger partial charge in [-0.15, -0.1) is 11.3 Å². The second-order valence-electron chi connectivity index (χ2n) is 4.91. The van der Waals surface area contributed by atoms with E-state index in [0.29, 0.717) is 18.7 Å². The van der Waals surface area contributed by atoms with E-state index in [1.165, 1.54) is 18.4 Å². The fourth-order valence-corrected chi connectivity index (χ4v) is 2.79. The predicted molar refractivity (Wildman–Crippen MR) is 88.2 cm³/mol. The van der Waals surface area contributed by atoms with E-state index in [0.717, 1.165) is 22.7 Å². The molecule has 0 saturated carbocycles. The largest absolute Gasteiger partial charge is 0.465 e. The molecule has 6 nitrogen and oxygen atoms in total. The summed E-state index contributed by atoms with van der Waals surface area (Å²) in [6, 6.07) is 6.92. The van der Waals surface area contributed by atoms with Crippen molar-refractivity contribution in [1.82, 2.24) is 10.3 Å². The lowest BCUT2D eigenvalue weighted by Gasteiger charge is -2.05. The minimum absolute atomic E-state index is 0.0911. The third-order valence-corrected chi connectivity index (χ3v) is 4.12. The fraction of sp³-hybridized carbons (Fsp3) is 0.312. The van der Waals surface area contributed by atoms with Crippen LogP contribution < -0.4 is 11.1 Å². The van der Waals surface area contributed by atoms with E-state index in [1.807, 2.05) is 5.38 Å². The van der Waals surface area contributed by atoms with Gasteiger partial charge in [0, 0.05) is 18.3 Å². The van der Waals surface area contributed by atoms with E-state index in [2.05, 4.69) is 15.0 Å². The number of amides is 1. The summed E-state index contributed by atoms with van der Waals surface area (Å²) in [5.41, 5.74) is 7.63. The number of carbonyl (C=O) groups is 2. The van der Waals surface area contributed by atoms with Gasteiger partial charge in [-0.05, 0) is 24.2 Å². The Morgan fingerprint density at radius 3 is 2.70 bits per heavy atom. The summed E-state index contributed by atoms with van der Waals surface area (Å²) < 4.78 is 4.64. The molecule has 0 atom stereocenters. The highest BCUT2D eigenvalue weighted by atomic mass is 32.1. The zero-order valence-corrected chi connectivity index (χ0v) is 13.7. The van der Waals surface area contributed by atoms with Gasteiger partial charge in [-0.3, -0.25) is 4.79 Å². The molecule has 0 radical (unpaired) electrons. The zero-order chi connectivity index (χ0) is 16.7. The molecule has 122 valence electrons. The summed E-state index contributed by atoms with van der Waals surface area (Å²) in [7, 11) is 1.34. The smallest absolute Gasteiger partial charge is 0.337 e. The molecule has 0 aliphatic rings. The highest BCUT2D eigenvalue weighted by molar-refractivity contribution is 7.09. The normalized spacial score (nSPS) is 10.3. The number of hydrogen-bond donors (Lipinski definition) is 2. The van der Waals surface area contributed by atoms with Crippen LogP contribution in [0.4, 0.5) is 0 Å². The Hall–Kier alpha value is -2.25. The predicted octanol–water partition coefficient (Wildman–Crippen LogP) is 1.29. The first-order valence-corrected chi connectivity index (χ1v) is 8.07. The average Bonchev–Trinajstić information content (AvgIpc) is 3.00. The molecule has 2 aromatic rings. The van der Waals surface area contributed by atoms with Crippen molar-refractivity contribution in [1.29, 1.82) is 0 Å². The van der Waals surface area contributed by atoms with Crippen molar-refractivity contribution in [2.24, 2.45) is 5.73 Å². The van der Waals surface area contributed by atoms with Gasteiger partial charge in [-0.25, -0.2) is 9.78 Å². The van der Waals surface area contributed by atoms with Crippen molar-refractivity contribution in [3.8, 4) is 0 Å². The van der Waals surface area contributed by atoms with Crippen LogP contribution in [0, 0.1) is 0 Å². The summed E-state index contributed by atoms with van der Waals surface area (Å²) in [6.07, 6.45) is 0.986. The molecule has 23 heavy (non-hydrogen) atoms. The molecule has 1 aromatic carbocycles. The number of hydrogen-bond acceptors (Lipinski definition) is 6. The van der Waals surface area contributed by atoms with E-state index in [-0.39, 0.29) is 18.3 Å². The van der Waals surface area contributed by atoms with Gasteiger partial charge in [-0.1, -0.05) is 12.1 Å². The molecule has 3 N–H and O–H groups in total. The lowest BCUT2D eigenvalue weighted by atomic mass is 10.1. The lowest BCUT2D eigenvalue weighted by molar-refractivity contribution is -0.120. The minimum atomic E-state index is -0.377. The molecule has 0 bridgehead atoms. The standard InChI is InChI=1S/C16H19N3O3S/c1-22-16(21)12-4-2-11(3-5-12)9-18-14(20)8-13-10-23-15(19-13)6-7-17/h2-5,10H,6-9,17H2,1H3,(H,18,20). The van der Waals surface area contributed by atoms with Crippen LogP contribution in [-0.2, 0) is 28.9 Å². The van der Waals surface area contributed by atoms with Gasteiger partial charge in [0.1, 0.15) is 0 Å². The van der Waals surface area contributed by atoms with Crippen LogP contribution in [0.25, 0.3) is 0 Å². The van der Waals surface area contributed by atoms with Crippen LogP contribution >= 0.6 is 11.3 Å². The number of benzene rings is 1. The quantitative estimate of drug-likeness (QED) is 0.745. The van der Waals surface area contributed by atoms with E-state index in [9.17, 15) is 9.59 Å². The second-order valence-corrected chi connectivity index (χ2v) is 5.86. The van der Waals surface area contributed by atoms with Gasteiger partial charge >= 0.3 is 5.97 Å². The monoisotopic (exact) mass is 333 g/mol. The number of ether oxygens (including phenoxy) is 1. The first-order chi connectivity index (χ1) is 11.1. The number of aromatic nitrogens is 1. The number of carbonyl (C=O) groups excluding carboxylic acids is 2. The van der Waals surface area contributed by atoms with Crippen LogP contribution in [0.15, 0.2) is 29.6 Å². The minimum Gasteiger partial charge on any atom is -0.465 e. The summed E-state index contributed by atoms with van der Waals surface area (Å²) in [5, 5.41) is 5.67. The maximum atomic E-state index is 11.9. The maximum absolute atomic E-state index is 11.9. The van der Waals surface area contributed by atoms with Crippen LogP contribution in [0.1, 0.15) is 26.6 Å². The molecule has 0 fully saturated rings. The van der Waals surface area contributed by atoms with Gasteiger partial charge in [0.25, 0.3) is 0 Å². The van der Waals surface area contributed by atoms with Crippen molar-refractivity contribution in [3.63, 3.8) is 0 Å². The highest BCUT2D eigenvalue weighted by Crippen LogP contribution is 2.11. The SMILES string of the molecule is COC(=O)c1ccc(CNC(=O)Cc2csc(CCN)n2)cc1. The Bertz CT molecular complexity index is 667. The van der Waals surface area contributed by atoms with Crippen LogP contribution in [0.3, 0.4) is 0 Å². The Balaban J connectivity index is 1.82. The number of esters is 1. The molecule has 0 saturated heterocycles. The maximum Gasteiger partial charge on any atom is 0.337 e. The van der Waals surface area contributed by atoms with Crippen molar-refractivity contribution < 1.29 is 14.3 Å². The lowest BCUT2D eigenvalue weighted by Crippen LogP contribution is -2.24. The Morgan fingerprint density at radius 2 is 2.04 bits per heavy atom. The van der Waals surface area contributed by atoms with E-state index < -0.39 is 0 Å². The van der Waals surface area contributed by atoms with Gasteiger partial charge in [0.05, 0.1) is 29.8 Å². The molecule has 0 spiro atoms. The number of thiazole rings is 1. The van der Waals surface area contributed by atoms with E-state index in [4.69, 9.17) is 5.73 Å². The Labute approximate surface area is 138 Å². The first-order valence-electron chi connectivity index (χ1n) is 7.19. The first kappa shape index (κ1) is 17.1. The topological polar surface area (TPSA) is 94.3 Å². The zero-order valence-electron chi connectivity index (χ0n) is 12.9. The molecule has 0 unspecified atom stereocenters. The molecule has 7 heteroatoms. The molecule has 0 aliphatic carbocycles. The molecule has 0 aliphatic heterocycles. The molecular weight excluding hydrogens is 314 g/mol. The third kappa shape index (κ3) is 5.15. The highest BCUT2D eigenvalue weighted by Gasteiger charge is 2.08. The number of nitrogens with two attached hydrogens (primary N) is 1. The van der Waals surface area contributed by atoms with Crippen molar-refractivity contribution >= 4 is 23.2 Å². The summed E-state index contributed by atoms with van der Waals surface area (Å²) in [5.74, 6) is -0.468. The van der Waals surface area contributed by atoms with Crippen molar-refractivity contribution in [2.45, 2.75) is 19.4 Å². The number of rotatable bonds is 7. The van der Waals surface area contributed by atoms with Crippen LogP contribution in [0.5, 0.6) is 0 Å². The summed E-state index contributed by atoms with van der Waals surface area (Å²) in [4.78, 5) is 27.6. The van der Waals surface area contributed by atoms with Gasteiger partial charge in [0.2, 0.25) is 5.91 Å². The molecule has 2 rings (SSSR count). The number of nitrogens with one attached hydrogen (secondary N) is 1. The molecule has 1 amide bonds. The van der Waals surface area contributed by atoms with Crippen LogP contribution in [-0.4, -0.2) is 30.5 Å². The molecule has 1 heterocycles. The molecular formula is C16H19N3O3S. The Kier molecular flexibility index (Phi) is 6.25. The van der Waals surface area contributed by atoms with Crippen molar-refractivity contribution in [3.05, 3.63) is 51.5 Å². The number of nitrogens with zero attached hydrogens (tertiary/aromatic N) is 1. The van der Waals surface area contributed by atoms with Gasteiger partial charge in [0.15, 0.2) is 0 Å². The van der Waals surface area contributed by atoms with E-state index >= 15 is 0 Å².